The zero-order valence-electron chi connectivity index (χ0n) is 15.3. The molecule has 1 atom stereocenters. The van der Waals surface area contributed by atoms with Gasteiger partial charge in [0.15, 0.2) is 0 Å². The molecule has 8 nitrogen and oxygen atoms in total. The van der Waals surface area contributed by atoms with Crippen molar-refractivity contribution in [2.45, 2.75) is 31.8 Å². The summed E-state index contributed by atoms with van der Waals surface area (Å²) in [7, 11) is 0. The van der Waals surface area contributed by atoms with Crippen molar-refractivity contribution in [3.05, 3.63) is 46.0 Å². The largest absolute Gasteiger partial charge is 0.352 e. The Morgan fingerprint density at radius 1 is 1.22 bits per heavy atom. The van der Waals surface area contributed by atoms with Gasteiger partial charge in [-0.25, -0.2) is 0 Å². The van der Waals surface area contributed by atoms with E-state index in [0.717, 1.165) is 12.8 Å². The summed E-state index contributed by atoms with van der Waals surface area (Å²) in [4.78, 5) is 38.9. The average molecular weight is 372 g/mol. The van der Waals surface area contributed by atoms with Crippen molar-refractivity contribution in [3.63, 3.8) is 0 Å². The fourth-order valence-corrected chi connectivity index (χ4v) is 3.11. The second-order valence-corrected chi connectivity index (χ2v) is 6.97. The smallest absolute Gasteiger partial charge is 0.276 e. The quantitative estimate of drug-likeness (QED) is 0.463. The van der Waals surface area contributed by atoms with Crippen LogP contribution in [0.15, 0.2) is 30.3 Å². The highest BCUT2D eigenvalue weighted by molar-refractivity contribution is 5.92. The summed E-state index contributed by atoms with van der Waals surface area (Å²) >= 11 is 0. The Labute approximate surface area is 158 Å². The predicted molar refractivity (Wildman–Crippen MR) is 101 cm³/mol. The number of hydrogen-bond acceptors (Lipinski definition) is 5. The molecular weight excluding hydrogens is 348 g/mol. The first-order valence-electron chi connectivity index (χ1n) is 9.20. The minimum absolute atomic E-state index is 0.0260. The predicted octanol–water partition coefficient (Wildman–Crippen LogP) is 1.42. The number of hydrogen-bond donors (Lipinski definition) is 1. The van der Waals surface area contributed by atoms with Crippen LogP contribution in [0, 0.1) is 10.1 Å². The number of amides is 2. The standard InChI is InChI=1S/C19H24N4O4/c1-14(19(25)20-16-7-8-16)21-10-12-22(13-11-21)18(24)9-6-15-4-2-3-5-17(15)23(26)27/h2-6,9,14,16H,7-8,10-13H2,1H3,(H,20,25)/b9-6+. The van der Waals surface area contributed by atoms with Gasteiger partial charge in [0.25, 0.3) is 5.69 Å². The fraction of sp³-hybridized carbons (Fsp3) is 0.474. The van der Waals surface area contributed by atoms with Crippen LogP contribution < -0.4 is 5.32 Å². The van der Waals surface area contributed by atoms with Gasteiger partial charge in [-0.15, -0.1) is 0 Å². The number of nitro groups is 1. The monoisotopic (exact) mass is 372 g/mol. The molecule has 1 saturated heterocycles. The summed E-state index contributed by atoms with van der Waals surface area (Å²) in [6.07, 6.45) is 4.99. The molecule has 1 aromatic carbocycles. The van der Waals surface area contributed by atoms with Crippen molar-refractivity contribution < 1.29 is 14.5 Å². The van der Waals surface area contributed by atoms with Gasteiger partial charge >= 0.3 is 0 Å². The Bertz CT molecular complexity index is 752. The first-order valence-corrected chi connectivity index (χ1v) is 9.20. The lowest BCUT2D eigenvalue weighted by molar-refractivity contribution is -0.385. The van der Waals surface area contributed by atoms with E-state index in [1.807, 2.05) is 6.92 Å². The molecular formula is C19H24N4O4. The van der Waals surface area contributed by atoms with Gasteiger partial charge in [0.1, 0.15) is 0 Å². The number of carbonyl (C=O) groups is 2. The summed E-state index contributed by atoms with van der Waals surface area (Å²) in [6, 6.07) is 6.46. The van der Waals surface area contributed by atoms with Crippen LogP contribution in [0.3, 0.4) is 0 Å². The highest BCUT2D eigenvalue weighted by Crippen LogP contribution is 2.20. The summed E-state index contributed by atoms with van der Waals surface area (Å²) < 4.78 is 0. The highest BCUT2D eigenvalue weighted by Gasteiger charge is 2.30. The number of nitro benzene ring substituents is 1. The number of rotatable bonds is 6. The average Bonchev–Trinajstić information content (AvgIpc) is 3.49. The molecule has 2 amide bonds. The first kappa shape index (κ1) is 19.0. The maximum absolute atomic E-state index is 12.4. The van der Waals surface area contributed by atoms with Crippen molar-refractivity contribution in [1.82, 2.24) is 15.1 Å². The van der Waals surface area contributed by atoms with Crippen LogP contribution in [-0.2, 0) is 9.59 Å². The number of piperazine rings is 1. The molecule has 2 aliphatic rings. The summed E-state index contributed by atoms with van der Waals surface area (Å²) in [5.74, 6) is -0.128. The van der Waals surface area contributed by atoms with E-state index in [0.29, 0.717) is 37.8 Å². The fourth-order valence-electron chi connectivity index (χ4n) is 3.11. The lowest BCUT2D eigenvalue weighted by atomic mass is 10.1. The Balaban J connectivity index is 1.52. The van der Waals surface area contributed by atoms with Gasteiger partial charge in [-0.3, -0.25) is 24.6 Å². The van der Waals surface area contributed by atoms with E-state index in [4.69, 9.17) is 0 Å². The Morgan fingerprint density at radius 3 is 2.52 bits per heavy atom. The van der Waals surface area contributed by atoms with E-state index in [1.54, 1.807) is 23.1 Å². The van der Waals surface area contributed by atoms with Crippen molar-refractivity contribution >= 4 is 23.6 Å². The van der Waals surface area contributed by atoms with Crippen molar-refractivity contribution in [3.8, 4) is 0 Å². The molecule has 1 heterocycles. The Morgan fingerprint density at radius 2 is 1.89 bits per heavy atom. The van der Waals surface area contributed by atoms with Crippen LogP contribution in [0.25, 0.3) is 6.08 Å². The van der Waals surface area contributed by atoms with Gasteiger partial charge in [0.2, 0.25) is 11.8 Å². The molecule has 0 bridgehead atoms. The number of nitrogens with one attached hydrogen (secondary N) is 1. The number of benzene rings is 1. The van der Waals surface area contributed by atoms with Crippen LogP contribution in [0.1, 0.15) is 25.3 Å². The molecule has 0 aromatic heterocycles. The molecule has 0 radical (unpaired) electrons. The third-order valence-electron chi connectivity index (χ3n) is 5.02. The van der Waals surface area contributed by atoms with Crippen molar-refractivity contribution in [1.29, 1.82) is 0 Å². The molecule has 27 heavy (non-hydrogen) atoms. The van der Waals surface area contributed by atoms with E-state index in [-0.39, 0.29) is 23.5 Å². The summed E-state index contributed by atoms with van der Waals surface area (Å²) in [5, 5.41) is 14.0. The van der Waals surface area contributed by atoms with Gasteiger partial charge < -0.3 is 10.2 Å². The normalized spacial score (nSPS) is 19.1. The van der Waals surface area contributed by atoms with Crippen molar-refractivity contribution in [2.75, 3.05) is 26.2 Å². The van der Waals surface area contributed by atoms with E-state index in [2.05, 4.69) is 10.2 Å². The van der Waals surface area contributed by atoms with Gasteiger partial charge in [0, 0.05) is 44.4 Å². The minimum atomic E-state index is -0.461. The molecule has 3 rings (SSSR count). The molecule has 1 aromatic rings. The molecule has 144 valence electrons. The lowest BCUT2D eigenvalue weighted by Crippen LogP contribution is -2.55. The zero-order chi connectivity index (χ0) is 19.4. The van der Waals surface area contributed by atoms with E-state index < -0.39 is 4.92 Å². The van der Waals surface area contributed by atoms with Gasteiger partial charge in [-0.2, -0.15) is 0 Å². The summed E-state index contributed by atoms with van der Waals surface area (Å²) in [6.45, 7) is 4.21. The minimum Gasteiger partial charge on any atom is -0.352 e. The molecule has 8 heteroatoms. The molecule has 0 spiro atoms. The van der Waals surface area contributed by atoms with E-state index >= 15 is 0 Å². The molecule has 1 aliphatic heterocycles. The second kappa shape index (κ2) is 8.30. The lowest BCUT2D eigenvalue weighted by Gasteiger charge is -2.37. The van der Waals surface area contributed by atoms with Gasteiger partial charge in [0.05, 0.1) is 16.5 Å². The molecule has 1 unspecified atom stereocenters. The topological polar surface area (TPSA) is 95.8 Å². The maximum Gasteiger partial charge on any atom is 0.276 e. The maximum atomic E-state index is 12.4. The van der Waals surface area contributed by atoms with Crippen LogP contribution in [0.4, 0.5) is 5.69 Å². The van der Waals surface area contributed by atoms with E-state index in [1.165, 1.54) is 18.2 Å². The molecule has 2 fully saturated rings. The second-order valence-electron chi connectivity index (χ2n) is 6.97. The number of para-hydroxylation sites is 1. The molecule has 1 aliphatic carbocycles. The summed E-state index contributed by atoms with van der Waals surface area (Å²) in [5.41, 5.74) is 0.377. The third kappa shape index (κ3) is 4.91. The molecule has 1 N–H and O–H groups in total. The zero-order valence-corrected chi connectivity index (χ0v) is 15.3. The van der Waals surface area contributed by atoms with Gasteiger partial charge in [-0.05, 0) is 31.9 Å². The highest BCUT2D eigenvalue weighted by atomic mass is 16.6. The van der Waals surface area contributed by atoms with Crippen LogP contribution in [-0.4, -0.2) is 64.8 Å². The van der Waals surface area contributed by atoms with E-state index in [9.17, 15) is 19.7 Å². The van der Waals surface area contributed by atoms with Crippen molar-refractivity contribution in [2.24, 2.45) is 0 Å². The number of carbonyl (C=O) groups excluding carboxylic acids is 2. The SMILES string of the molecule is CC(C(=O)NC1CC1)N1CCN(C(=O)/C=C/c2ccccc2[N+](=O)[O-])CC1. The van der Waals surface area contributed by atoms with Crippen LogP contribution >= 0.6 is 0 Å². The Kier molecular flexibility index (Phi) is 5.85. The number of nitrogens with zero attached hydrogens (tertiary/aromatic N) is 3. The van der Waals surface area contributed by atoms with Crippen LogP contribution in [0.5, 0.6) is 0 Å². The Hall–Kier alpha value is -2.74. The third-order valence-corrected chi connectivity index (χ3v) is 5.02. The first-order chi connectivity index (χ1) is 13.0. The van der Waals surface area contributed by atoms with Crippen LogP contribution in [0.2, 0.25) is 0 Å². The van der Waals surface area contributed by atoms with Gasteiger partial charge in [-0.1, -0.05) is 12.1 Å². The molecule has 1 saturated carbocycles.